The summed E-state index contributed by atoms with van der Waals surface area (Å²) in [6.07, 6.45) is 10.4. The van der Waals surface area contributed by atoms with E-state index in [1.165, 1.54) is 73.2 Å². The van der Waals surface area contributed by atoms with Crippen LogP contribution in [0.1, 0.15) is 228 Å². The molecule has 348 valence electrons. The van der Waals surface area contributed by atoms with Crippen molar-refractivity contribution in [2.45, 2.75) is 240 Å². The molecular weight excluding hydrogens is 709 g/mol. The van der Waals surface area contributed by atoms with Crippen LogP contribution in [0.2, 0.25) is 0 Å². The lowest BCUT2D eigenvalue weighted by atomic mass is 10.0. The lowest BCUT2D eigenvalue weighted by molar-refractivity contribution is 1.07. The molecule has 0 heteroatoms. The molecule has 0 bridgehead atoms. The van der Waals surface area contributed by atoms with E-state index in [1.807, 2.05) is 55.4 Å². The van der Waals surface area contributed by atoms with E-state index in [0.717, 1.165) is 51.4 Å². The minimum atomic E-state index is 0. The highest BCUT2D eigenvalue weighted by Gasteiger charge is 1.98. The van der Waals surface area contributed by atoms with Gasteiger partial charge in [-0.05, 0) is 146 Å². The predicted molar refractivity (Wildman–Crippen MR) is 288 cm³/mol. The van der Waals surface area contributed by atoms with Gasteiger partial charge in [0.1, 0.15) is 0 Å². The third-order valence-electron chi connectivity index (χ3n) is 8.80. The van der Waals surface area contributed by atoms with Crippen molar-refractivity contribution < 1.29 is 0 Å². The quantitative estimate of drug-likeness (QED) is 0.166. The number of hydrogen-bond donors (Lipinski definition) is 0. The van der Waals surface area contributed by atoms with Gasteiger partial charge < -0.3 is 0 Å². The van der Waals surface area contributed by atoms with Gasteiger partial charge >= 0.3 is 0 Å². The predicted octanol–water partition coefficient (Wildman–Crippen LogP) is 20.5. The molecule has 4 aromatic rings. The van der Waals surface area contributed by atoms with Gasteiger partial charge in [0.25, 0.3) is 0 Å². The zero-order valence-electron chi connectivity index (χ0n) is 41.3. The van der Waals surface area contributed by atoms with Crippen LogP contribution in [0.15, 0.2) is 72.8 Å². The monoisotopic (exact) mass is 821 g/mol. The van der Waals surface area contributed by atoms with E-state index in [1.54, 1.807) is 0 Å². The fourth-order valence-electron chi connectivity index (χ4n) is 5.35. The van der Waals surface area contributed by atoms with E-state index >= 15 is 0 Å². The van der Waals surface area contributed by atoms with Crippen molar-refractivity contribution in [3.63, 3.8) is 0 Å². The van der Waals surface area contributed by atoms with Crippen molar-refractivity contribution in [2.24, 2.45) is 0 Å². The molecule has 59 heavy (non-hydrogen) atoms. The topological polar surface area (TPSA) is 0 Å². The fraction of sp³-hybridized carbons (Fsp3) is 0.593. The highest BCUT2D eigenvalue weighted by atomic mass is 14.0. The zero-order chi connectivity index (χ0) is 43.8. The molecule has 0 spiro atoms. The maximum atomic E-state index is 2.31. The summed E-state index contributed by atoms with van der Waals surface area (Å²) in [4.78, 5) is 0. The van der Waals surface area contributed by atoms with Crippen molar-refractivity contribution in [3.05, 3.63) is 140 Å². The molecule has 0 aromatic heterocycles. The lowest BCUT2D eigenvalue weighted by Gasteiger charge is -2.04. The summed E-state index contributed by atoms with van der Waals surface area (Å²) in [5.41, 5.74) is 17.4. The van der Waals surface area contributed by atoms with Crippen LogP contribution in [-0.4, -0.2) is 0 Å². The van der Waals surface area contributed by atoms with Crippen LogP contribution in [0.25, 0.3) is 0 Å². The Bertz CT molecular complexity index is 1260. The average molecular weight is 822 g/mol. The first-order valence-corrected chi connectivity index (χ1v) is 22.9. The van der Waals surface area contributed by atoms with Crippen LogP contribution in [0.5, 0.6) is 0 Å². The Balaban J connectivity index is -0.0000000730. The molecule has 4 aromatic carbocycles. The van der Waals surface area contributed by atoms with Crippen LogP contribution in [0.4, 0.5) is 0 Å². The Labute approximate surface area is 377 Å². The Morgan fingerprint density at radius 1 is 0.254 bits per heavy atom. The minimum absolute atomic E-state index is 0. The first-order chi connectivity index (χ1) is 26.5. The summed E-state index contributed by atoms with van der Waals surface area (Å²) in [5.74, 6) is 0. The fourth-order valence-corrected chi connectivity index (χ4v) is 5.35. The summed E-state index contributed by atoms with van der Waals surface area (Å²) in [6, 6.07) is 27.0. The normalized spacial score (nSPS) is 8.24. The molecule has 0 saturated carbocycles. The molecular formula is C59H112. The van der Waals surface area contributed by atoms with Crippen molar-refractivity contribution in [2.75, 3.05) is 0 Å². The number of aryl methyl sites for hydroxylation is 12. The SMILES string of the molecule is C.C.C.C.CC.CC.CC.CC.CCC.CCc1ccc(C)c(CC)c1.CCc1ccc(C)c(CC)c1.CCc1ccc(C)c(CC)c1.CCc1ccc(CC)c(C)c1. The van der Waals surface area contributed by atoms with Gasteiger partial charge in [-0.25, -0.2) is 0 Å². The van der Waals surface area contributed by atoms with E-state index in [4.69, 9.17) is 0 Å². The lowest BCUT2D eigenvalue weighted by Crippen LogP contribution is -1.88. The summed E-state index contributed by atoms with van der Waals surface area (Å²) in [6.45, 7) is 46.6. The van der Waals surface area contributed by atoms with Crippen molar-refractivity contribution in [3.8, 4) is 0 Å². The molecule has 0 heterocycles. The molecule has 0 saturated heterocycles. The van der Waals surface area contributed by atoms with E-state index in [-0.39, 0.29) is 29.7 Å². The van der Waals surface area contributed by atoms with Crippen LogP contribution in [0, 0.1) is 27.7 Å². The van der Waals surface area contributed by atoms with E-state index < -0.39 is 0 Å². The summed E-state index contributed by atoms with van der Waals surface area (Å²) in [7, 11) is 0. The van der Waals surface area contributed by atoms with Gasteiger partial charge in [0.15, 0.2) is 0 Å². The minimum Gasteiger partial charge on any atom is -0.0776 e. The number of hydrogen-bond acceptors (Lipinski definition) is 0. The second-order valence-corrected chi connectivity index (χ2v) is 12.6. The Kier molecular flexibility index (Phi) is 71.2. The van der Waals surface area contributed by atoms with Crippen LogP contribution < -0.4 is 0 Å². The molecule has 0 aliphatic heterocycles. The van der Waals surface area contributed by atoms with Gasteiger partial charge in [-0.15, -0.1) is 0 Å². The molecule has 0 radical (unpaired) electrons. The summed E-state index contributed by atoms with van der Waals surface area (Å²) < 4.78 is 0. The zero-order valence-corrected chi connectivity index (χ0v) is 41.3. The smallest absolute Gasteiger partial charge is 0.0305 e. The largest absolute Gasteiger partial charge is 0.0776 e. The third kappa shape index (κ3) is 36.5. The standard InChI is InChI=1S/4C11H16.C3H8.4C2H6.4CH4/c1-4-10-6-7-11(5-2)9(3)8-10;3*1-4-10-7-6-9(3)11(5-2)8-10;1-3-2;4*1-2;;;;/h4*6-8H,4-5H2,1-3H3;3H2,1-2H3;4*1-2H3;4*1H4. The highest BCUT2D eigenvalue weighted by Crippen LogP contribution is 2.14. The van der Waals surface area contributed by atoms with Gasteiger partial charge in [-0.1, -0.05) is 234 Å². The molecule has 0 aliphatic rings. The van der Waals surface area contributed by atoms with Crippen molar-refractivity contribution in [1.29, 1.82) is 0 Å². The molecule has 0 amide bonds. The highest BCUT2D eigenvalue weighted by molar-refractivity contribution is 5.33. The second-order valence-electron chi connectivity index (χ2n) is 12.6. The molecule has 4 rings (SSSR count). The van der Waals surface area contributed by atoms with E-state index in [9.17, 15) is 0 Å². The van der Waals surface area contributed by atoms with Gasteiger partial charge in [0.05, 0.1) is 0 Å². The second kappa shape index (κ2) is 54.9. The van der Waals surface area contributed by atoms with Gasteiger partial charge in [0.2, 0.25) is 0 Å². The molecule has 0 nitrogen and oxygen atoms in total. The van der Waals surface area contributed by atoms with Gasteiger partial charge in [0, 0.05) is 0 Å². The summed E-state index contributed by atoms with van der Waals surface area (Å²) in [5, 5.41) is 0. The summed E-state index contributed by atoms with van der Waals surface area (Å²) >= 11 is 0. The van der Waals surface area contributed by atoms with E-state index in [0.29, 0.717) is 0 Å². The van der Waals surface area contributed by atoms with Crippen LogP contribution in [0.3, 0.4) is 0 Å². The maximum absolute atomic E-state index is 2.31. The van der Waals surface area contributed by atoms with Crippen molar-refractivity contribution in [1.82, 2.24) is 0 Å². The van der Waals surface area contributed by atoms with Gasteiger partial charge in [-0.3, -0.25) is 0 Å². The molecule has 0 atom stereocenters. The molecule has 0 unspecified atom stereocenters. The third-order valence-corrected chi connectivity index (χ3v) is 8.80. The number of benzene rings is 4. The molecule has 0 fully saturated rings. The van der Waals surface area contributed by atoms with Crippen LogP contribution >= 0.6 is 0 Å². The Morgan fingerprint density at radius 3 is 0.644 bits per heavy atom. The van der Waals surface area contributed by atoms with E-state index in [2.05, 4.69) is 170 Å². The Hall–Kier alpha value is -3.12. The maximum Gasteiger partial charge on any atom is -0.0305 e. The van der Waals surface area contributed by atoms with Gasteiger partial charge in [-0.2, -0.15) is 0 Å². The van der Waals surface area contributed by atoms with Crippen LogP contribution in [-0.2, 0) is 51.4 Å². The van der Waals surface area contributed by atoms with Crippen molar-refractivity contribution >= 4 is 0 Å². The number of rotatable bonds is 8. The Morgan fingerprint density at radius 2 is 0.458 bits per heavy atom. The average Bonchev–Trinajstić information content (AvgIpc) is 3.25. The first kappa shape index (κ1) is 76.6. The first-order valence-electron chi connectivity index (χ1n) is 22.9. The molecule has 0 aliphatic carbocycles. The molecule has 0 N–H and O–H groups in total.